The minimum absolute atomic E-state index is 0.00616. The summed E-state index contributed by atoms with van der Waals surface area (Å²) in [5.41, 5.74) is 3.54. The summed E-state index contributed by atoms with van der Waals surface area (Å²) in [7, 11) is 1.65. The molecule has 4 nitrogen and oxygen atoms in total. The SMILES string of the molecule is COc1ccc(C2=NN3[C@@H](C2)c2ccccc2O[C@H]3c2ccccc2F)cc1. The molecule has 0 amide bonds. The molecule has 2 heterocycles. The zero-order chi connectivity index (χ0) is 19.1. The Labute approximate surface area is 162 Å². The molecule has 0 saturated heterocycles. The molecule has 3 aromatic rings. The summed E-state index contributed by atoms with van der Waals surface area (Å²) in [5.74, 6) is 1.29. The molecule has 0 saturated carbocycles. The van der Waals surface area contributed by atoms with E-state index < -0.39 is 6.23 Å². The topological polar surface area (TPSA) is 34.1 Å². The zero-order valence-electron chi connectivity index (χ0n) is 15.4. The summed E-state index contributed by atoms with van der Waals surface area (Å²) >= 11 is 0. The van der Waals surface area contributed by atoms with Crippen molar-refractivity contribution >= 4 is 5.71 Å². The average molecular weight is 374 g/mol. The van der Waals surface area contributed by atoms with Crippen LogP contribution in [0.15, 0.2) is 77.9 Å². The Hall–Kier alpha value is -3.34. The summed E-state index contributed by atoms with van der Waals surface area (Å²) in [6, 6.07) is 22.5. The van der Waals surface area contributed by atoms with Gasteiger partial charge in [0.15, 0.2) is 0 Å². The summed E-state index contributed by atoms with van der Waals surface area (Å²) in [6.07, 6.45) is 0.134. The first-order valence-corrected chi connectivity index (χ1v) is 9.25. The van der Waals surface area contributed by atoms with E-state index in [0.717, 1.165) is 34.8 Å². The van der Waals surface area contributed by atoms with Crippen molar-refractivity contribution in [2.75, 3.05) is 7.11 Å². The van der Waals surface area contributed by atoms with Crippen LogP contribution < -0.4 is 9.47 Å². The number of nitrogens with zero attached hydrogens (tertiary/aromatic N) is 2. The molecule has 0 unspecified atom stereocenters. The monoisotopic (exact) mass is 374 g/mol. The van der Waals surface area contributed by atoms with Crippen LogP contribution in [0.3, 0.4) is 0 Å². The van der Waals surface area contributed by atoms with Crippen LogP contribution >= 0.6 is 0 Å². The zero-order valence-corrected chi connectivity index (χ0v) is 15.4. The highest BCUT2D eigenvalue weighted by Gasteiger charge is 2.41. The van der Waals surface area contributed by atoms with E-state index in [0.29, 0.717) is 5.56 Å². The number of methoxy groups -OCH3 is 1. The van der Waals surface area contributed by atoms with Crippen molar-refractivity contribution in [3.8, 4) is 11.5 Å². The number of ether oxygens (including phenoxy) is 2. The molecular weight excluding hydrogens is 355 g/mol. The van der Waals surface area contributed by atoms with Crippen molar-refractivity contribution in [3.63, 3.8) is 0 Å². The summed E-state index contributed by atoms with van der Waals surface area (Å²) in [6.45, 7) is 0. The van der Waals surface area contributed by atoms with Gasteiger partial charge in [-0.05, 0) is 42.0 Å². The number of hydrogen-bond donors (Lipinski definition) is 0. The van der Waals surface area contributed by atoms with Crippen molar-refractivity contribution in [1.29, 1.82) is 0 Å². The maximum absolute atomic E-state index is 14.5. The van der Waals surface area contributed by atoms with Crippen LogP contribution in [0.4, 0.5) is 4.39 Å². The van der Waals surface area contributed by atoms with Gasteiger partial charge in [-0.1, -0.05) is 36.4 Å². The highest BCUT2D eigenvalue weighted by molar-refractivity contribution is 6.02. The van der Waals surface area contributed by atoms with Gasteiger partial charge in [0.1, 0.15) is 17.3 Å². The molecule has 0 spiro atoms. The predicted molar refractivity (Wildman–Crippen MR) is 105 cm³/mol. The molecule has 3 aromatic carbocycles. The first kappa shape index (κ1) is 16.8. The normalized spacial score (nSPS) is 20.1. The van der Waals surface area contributed by atoms with E-state index in [1.807, 2.05) is 53.5 Å². The maximum Gasteiger partial charge on any atom is 0.216 e. The Morgan fingerprint density at radius 3 is 2.43 bits per heavy atom. The lowest BCUT2D eigenvalue weighted by atomic mass is 9.96. The van der Waals surface area contributed by atoms with Gasteiger partial charge in [0.05, 0.1) is 24.4 Å². The fourth-order valence-corrected chi connectivity index (χ4v) is 3.87. The molecule has 0 aromatic heterocycles. The molecule has 0 aliphatic carbocycles. The van der Waals surface area contributed by atoms with E-state index in [1.165, 1.54) is 6.07 Å². The number of fused-ring (bicyclic) bond motifs is 3. The average Bonchev–Trinajstić information content (AvgIpc) is 3.19. The number of para-hydroxylation sites is 1. The third-order valence-electron chi connectivity index (χ3n) is 5.29. The standard InChI is InChI=1S/C23H19FN2O2/c1-27-16-12-10-15(11-13-16)20-14-21-18-7-3-5-9-22(18)28-23(26(21)25-20)17-6-2-4-8-19(17)24/h2-13,21,23H,14H2,1H3/t21-,23-/m0/s1. The minimum Gasteiger partial charge on any atom is -0.497 e. The molecule has 28 heavy (non-hydrogen) atoms. The Morgan fingerprint density at radius 2 is 1.68 bits per heavy atom. The molecule has 0 fully saturated rings. The van der Waals surface area contributed by atoms with E-state index in [4.69, 9.17) is 14.6 Å². The van der Waals surface area contributed by atoms with Gasteiger partial charge in [-0.25, -0.2) is 9.40 Å². The lowest BCUT2D eigenvalue weighted by Crippen LogP contribution is -2.34. The molecule has 2 aliphatic rings. The first-order chi connectivity index (χ1) is 13.7. The number of halogens is 1. The lowest BCUT2D eigenvalue weighted by molar-refractivity contribution is -0.0212. The fourth-order valence-electron chi connectivity index (χ4n) is 3.87. The third-order valence-corrected chi connectivity index (χ3v) is 5.29. The molecule has 5 heteroatoms. The van der Waals surface area contributed by atoms with Crippen LogP contribution in [0.2, 0.25) is 0 Å². The second-order valence-corrected chi connectivity index (χ2v) is 6.90. The van der Waals surface area contributed by atoms with Crippen LogP contribution in [-0.4, -0.2) is 17.8 Å². The maximum atomic E-state index is 14.5. The van der Waals surface area contributed by atoms with E-state index in [9.17, 15) is 4.39 Å². The van der Waals surface area contributed by atoms with Crippen molar-refractivity contribution in [3.05, 3.63) is 95.3 Å². The quantitative estimate of drug-likeness (QED) is 0.641. The van der Waals surface area contributed by atoms with E-state index in [-0.39, 0.29) is 11.9 Å². The van der Waals surface area contributed by atoms with Crippen LogP contribution in [0.25, 0.3) is 0 Å². The van der Waals surface area contributed by atoms with Gasteiger partial charge in [0.25, 0.3) is 0 Å². The van der Waals surface area contributed by atoms with E-state index >= 15 is 0 Å². The van der Waals surface area contributed by atoms with Crippen LogP contribution in [0.5, 0.6) is 11.5 Å². The Kier molecular flexibility index (Phi) is 4.01. The third kappa shape index (κ3) is 2.71. The van der Waals surface area contributed by atoms with Crippen molar-refractivity contribution < 1.29 is 13.9 Å². The molecule has 2 aliphatic heterocycles. The van der Waals surface area contributed by atoms with Crippen molar-refractivity contribution in [2.24, 2.45) is 5.10 Å². The number of hydrazone groups is 1. The molecule has 0 radical (unpaired) electrons. The second kappa shape index (κ2) is 6.68. The summed E-state index contributed by atoms with van der Waals surface area (Å²) < 4.78 is 26.0. The Bertz CT molecular complexity index is 1050. The predicted octanol–water partition coefficient (Wildman–Crippen LogP) is 5.08. The summed E-state index contributed by atoms with van der Waals surface area (Å²) in [4.78, 5) is 0. The minimum atomic E-state index is -0.600. The highest BCUT2D eigenvalue weighted by atomic mass is 19.1. The van der Waals surface area contributed by atoms with Crippen LogP contribution in [-0.2, 0) is 0 Å². The number of rotatable bonds is 3. The van der Waals surface area contributed by atoms with Crippen molar-refractivity contribution in [1.82, 2.24) is 5.01 Å². The van der Waals surface area contributed by atoms with Crippen LogP contribution in [0.1, 0.15) is 35.4 Å². The van der Waals surface area contributed by atoms with Gasteiger partial charge < -0.3 is 9.47 Å². The summed E-state index contributed by atoms with van der Waals surface area (Å²) in [5, 5.41) is 6.74. The van der Waals surface area contributed by atoms with E-state index in [2.05, 4.69) is 6.07 Å². The molecule has 140 valence electrons. The Morgan fingerprint density at radius 1 is 0.964 bits per heavy atom. The van der Waals surface area contributed by atoms with Gasteiger partial charge in [0, 0.05) is 12.0 Å². The second-order valence-electron chi connectivity index (χ2n) is 6.90. The number of benzene rings is 3. The van der Waals surface area contributed by atoms with Crippen molar-refractivity contribution in [2.45, 2.75) is 18.7 Å². The van der Waals surface area contributed by atoms with Crippen LogP contribution in [0, 0.1) is 5.82 Å². The smallest absolute Gasteiger partial charge is 0.216 e. The molecule has 0 N–H and O–H groups in total. The highest BCUT2D eigenvalue weighted by Crippen LogP contribution is 2.47. The van der Waals surface area contributed by atoms with Gasteiger partial charge in [0.2, 0.25) is 6.23 Å². The molecule has 0 bridgehead atoms. The van der Waals surface area contributed by atoms with Gasteiger partial charge in [-0.3, -0.25) is 0 Å². The molecular formula is C23H19FN2O2. The Balaban J connectivity index is 1.58. The number of hydrogen-bond acceptors (Lipinski definition) is 4. The first-order valence-electron chi connectivity index (χ1n) is 9.25. The fraction of sp³-hybridized carbons (Fsp3) is 0.174. The largest absolute Gasteiger partial charge is 0.497 e. The van der Waals surface area contributed by atoms with Gasteiger partial charge >= 0.3 is 0 Å². The van der Waals surface area contributed by atoms with Gasteiger partial charge in [-0.15, -0.1) is 0 Å². The molecule has 5 rings (SSSR count). The van der Waals surface area contributed by atoms with Gasteiger partial charge in [-0.2, -0.15) is 5.10 Å². The lowest BCUT2D eigenvalue weighted by Gasteiger charge is -2.38. The molecule has 2 atom stereocenters. The van der Waals surface area contributed by atoms with E-state index in [1.54, 1.807) is 19.2 Å².